The van der Waals surface area contributed by atoms with Gasteiger partial charge in [0, 0.05) is 23.3 Å². The van der Waals surface area contributed by atoms with E-state index in [0.717, 1.165) is 17.0 Å². The summed E-state index contributed by atoms with van der Waals surface area (Å²) in [6.07, 6.45) is 1.82. The van der Waals surface area contributed by atoms with Gasteiger partial charge in [-0.25, -0.2) is 4.98 Å². The molecule has 0 spiro atoms. The van der Waals surface area contributed by atoms with Gasteiger partial charge >= 0.3 is 0 Å². The summed E-state index contributed by atoms with van der Waals surface area (Å²) in [7, 11) is 0. The van der Waals surface area contributed by atoms with Gasteiger partial charge in [0.2, 0.25) is 0 Å². The van der Waals surface area contributed by atoms with Crippen LogP contribution in [-0.2, 0) is 0 Å². The second-order valence-corrected chi connectivity index (χ2v) is 5.32. The first-order valence-corrected chi connectivity index (χ1v) is 6.52. The lowest BCUT2D eigenvalue weighted by Crippen LogP contribution is -2.13. The summed E-state index contributed by atoms with van der Waals surface area (Å²) >= 11 is 0. The minimum atomic E-state index is 0.352. The number of anilines is 1. The van der Waals surface area contributed by atoms with Crippen LogP contribution in [0.25, 0.3) is 10.9 Å². The Morgan fingerprint density at radius 1 is 1.17 bits per heavy atom. The first kappa shape index (κ1) is 12.8. The molecular weight excluding hydrogens is 222 g/mol. The number of fused-ring (bicyclic) bond motifs is 1. The number of rotatable bonds is 3. The molecule has 2 aromatic heterocycles. The zero-order chi connectivity index (χ0) is 13.3. The average Bonchev–Trinajstić information content (AvgIpc) is 2.32. The van der Waals surface area contributed by atoms with Gasteiger partial charge in [0.25, 0.3) is 0 Å². The number of hydrogen-bond donors (Lipinski definition) is 1. The number of hydrogen-bond acceptors (Lipinski definition) is 3. The maximum atomic E-state index is 4.77. The summed E-state index contributed by atoms with van der Waals surface area (Å²) < 4.78 is 0. The molecule has 0 saturated carbocycles. The lowest BCUT2D eigenvalue weighted by molar-refractivity contribution is 0.808. The molecule has 2 rings (SSSR count). The Morgan fingerprint density at radius 2 is 1.89 bits per heavy atom. The molecule has 0 unspecified atom stereocenters. The first-order valence-electron chi connectivity index (χ1n) is 6.52. The number of aryl methyl sites for hydroxylation is 1. The second-order valence-electron chi connectivity index (χ2n) is 5.32. The molecule has 2 aromatic rings. The highest BCUT2D eigenvalue weighted by atomic mass is 15.0. The van der Waals surface area contributed by atoms with E-state index in [-0.39, 0.29) is 0 Å². The molecule has 0 saturated heterocycles. The highest BCUT2D eigenvalue weighted by Gasteiger charge is 2.14. The van der Waals surface area contributed by atoms with Crippen LogP contribution < -0.4 is 5.32 Å². The Labute approximate surface area is 109 Å². The second kappa shape index (κ2) is 4.92. The third-order valence-corrected chi connectivity index (χ3v) is 3.02. The molecule has 0 aliphatic heterocycles. The van der Waals surface area contributed by atoms with E-state index in [4.69, 9.17) is 4.98 Å². The minimum Gasteiger partial charge on any atom is -0.366 e. The van der Waals surface area contributed by atoms with Gasteiger partial charge in [-0.05, 0) is 38.3 Å². The summed E-state index contributed by atoms with van der Waals surface area (Å²) in [4.78, 5) is 9.24. The van der Waals surface area contributed by atoms with Crippen LogP contribution in [0.2, 0.25) is 0 Å². The molecule has 3 nitrogen and oxygen atoms in total. The zero-order valence-corrected chi connectivity index (χ0v) is 11.8. The fourth-order valence-corrected chi connectivity index (χ4v) is 2.23. The molecule has 2 heterocycles. The Morgan fingerprint density at radius 3 is 2.50 bits per heavy atom. The van der Waals surface area contributed by atoms with E-state index in [1.807, 2.05) is 12.3 Å². The van der Waals surface area contributed by atoms with Gasteiger partial charge in [-0.15, -0.1) is 0 Å². The topological polar surface area (TPSA) is 37.8 Å². The highest BCUT2D eigenvalue weighted by molar-refractivity contribution is 5.91. The van der Waals surface area contributed by atoms with E-state index in [1.165, 1.54) is 10.9 Å². The van der Waals surface area contributed by atoms with Gasteiger partial charge in [-0.2, -0.15) is 0 Å². The van der Waals surface area contributed by atoms with Gasteiger partial charge in [-0.1, -0.05) is 19.9 Å². The predicted octanol–water partition coefficient (Wildman–Crippen LogP) is 3.88. The summed E-state index contributed by atoms with van der Waals surface area (Å²) in [6, 6.07) is 4.46. The third-order valence-electron chi connectivity index (χ3n) is 3.02. The monoisotopic (exact) mass is 243 g/mol. The molecule has 0 fully saturated rings. The van der Waals surface area contributed by atoms with Crippen molar-refractivity contribution in [2.45, 2.75) is 46.6 Å². The molecule has 0 amide bonds. The quantitative estimate of drug-likeness (QED) is 0.889. The smallest absolute Gasteiger partial charge is 0.153 e. The SMILES string of the molecule is Cc1c(C(C)C)nc(NC(C)C)c2ncccc12. The fraction of sp³-hybridized carbons (Fsp3) is 0.467. The van der Waals surface area contributed by atoms with Gasteiger partial charge in [-0.3, -0.25) is 4.98 Å². The molecule has 18 heavy (non-hydrogen) atoms. The Hall–Kier alpha value is -1.64. The van der Waals surface area contributed by atoms with E-state index in [1.54, 1.807) is 0 Å². The molecule has 1 N–H and O–H groups in total. The molecule has 0 aromatic carbocycles. The van der Waals surface area contributed by atoms with Crippen LogP contribution in [0, 0.1) is 6.92 Å². The molecule has 0 aliphatic carbocycles. The summed E-state index contributed by atoms with van der Waals surface area (Å²) in [5.41, 5.74) is 3.36. The predicted molar refractivity (Wildman–Crippen MR) is 77.1 cm³/mol. The van der Waals surface area contributed by atoms with E-state index >= 15 is 0 Å². The molecule has 0 atom stereocenters. The number of pyridine rings is 2. The Kier molecular flexibility index (Phi) is 3.50. The van der Waals surface area contributed by atoms with Crippen molar-refractivity contribution in [2.24, 2.45) is 0 Å². The van der Waals surface area contributed by atoms with Crippen molar-refractivity contribution >= 4 is 16.7 Å². The average molecular weight is 243 g/mol. The lowest BCUT2D eigenvalue weighted by Gasteiger charge is -2.17. The van der Waals surface area contributed by atoms with Crippen molar-refractivity contribution in [1.29, 1.82) is 0 Å². The van der Waals surface area contributed by atoms with Crippen molar-refractivity contribution in [2.75, 3.05) is 5.32 Å². The van der Waals surface area contributed by atoms with Crippen molar-refractivity contribution in [3.05, 3.63) is 29.6 Å². The van der Waals surface area contributed by atoms with Crippen LogP contribution in [0.1, 0.15) is 44.9 Å². The van der Waals surface area contributed by atoms with E-state index < -0.39 is 0 Å². The van der Waals surface area contributed by atoms with Gasteiger partial charge in [0.1, 0.15) is 5.52 Å². The molecule has 0 radical (unpaired) electrons. The first-order chi connectivity index (χ1) is 8.50. The van der Waals surface area contributed by atoms with Crippen molar-refractivity contribution in [3.63, 3.8) is 0 Å². The standard InChI is InChI=1S/C15H21N3/c1-9(2)13-11(5)12-7-6-8-16-14(12)15(18-13)17-10(3)4/h6-10H,1-5H3,(H,17,18). The van der Waals surface area contributed by atoms with E-state index in [0.29, 0.717) is 12.0 Å². The molecule has 3 heteroatoms. The van der Waals surface area contributed by atoms with Crippen LogP contribution in [0.5, 0.6) is 0 Å². The number of nitrogens with zero attached hydrogens (tertiary/aromatic N) is 2. The number of aromatic nitrogens is 2. The molecule has 0 aliphatic rings. The van der Waals surface area contributed by atoms with E-state index in [2.05, 4.69) is 51.0 Å². The summed E-state index contributed by atoms with van der Waals surface area (Å²) in [6.45, 7) is 10.7. The van der Waals surface area contributed by atoms with Crippen LogP contribution >= 0.6 is 0 Å². The fourth-order valence-electron chi connectivity index (χ4n) is 2.23. The molecular formula is C15H21N3. The van der Waals surface area contributed by atoms with Gasteiger partial charge in [0.05, 0.1) is 0 Å². The van der Waals surface area contributed by atoms with Crippen molar-refractivity contribution < 1.29 is 0 Å². The number of nitrogens with one attached hydrogen (secondary N) is 1. The minimum absolute atomic E-state index is 0.352. The zero-order valence-electron chi connectivity index (χ0n) is 11.8. The third kappa shape index (κ3) is 2.30. The van der Waals surface area contributed by atoms with Crippen LogP contribution in [-0.4, -0.2) is 16.0 Å². The van der Waals surface area contributed by atoms with Crippen LogP contribution in [0.15, 0.2) is 18.3 Å². The molecule has 0 bridgehead atoms. The lowest BCUT2D eigenvalue weighted by atomic mass is 10.0. The van der Waals surface area contributed by atoms with Gasteiger partial charge in [0.15, 0.2) is 5.82 Å². The maximum absolute atomic E-state index is 4.77. The maximum Gasteiger partial charge on any atom is 0.153 e. The highest BCUT2D eigenvalue weighted by Crippen LogP contribution is 2.28. The van der Waals surface area contributed by atoms with Crippen LogP contribution in [0.3, 0.4) is 0 Å². The summed E-state index contributed by atoms with van der Waals surface area (Å²) in [5.74, 6) is 1.32. The molecule has 96 valence electrons. The largest absolute Gasteiger partial charge is 0.366 e. The Bertz CT molecular complexity index is 559. The van der Waals surface area contributed by atoms with Crippen molar-refractivity contribution in [3.8, 4) is 0 Å². The van der Waals surface area contributed by atoms with Crippen LogP contribution in [0.4, 0.5) is 5.82 Å². The summed E-state index contributed by atoms with van der Waals surface area (Å²) in [5, 5.41) is 4.59. The van der Waals surface area contributed by atoms with E-state index in [9.17, 15) is 0 Å². The Balaban J connectivity index is 2.71. The van der Waals surface area contributed by atoms with Crippen molar-refractivity contribution in [1.82, 2.24) is 9.97 Å². The van der Waals surface area contributed by atoms with Gasteiger partial charge < -0.3 is 5.32 Å². The normalized spacial score (nSPS) is 11.5.